The molecule has 0 bridgehead atoms. The Kier molecular flexibility index (Phi) is 13.3. The molecular weight excluding hydrogens is 320 g/mol. The highest BCUT2D eigenvalue weighted by molar-refractivity contribution is 5.66. The molecule has 0 amide bonds. The van der Waals surface area contributed by atoms with Crippen molar-refractivity contribution in [1.29, 1.82) is 0 Å². The number of aryl methyl sites for hydroxylation is 1. The third kappa shape index (κ3) is 12.6. The average Bonchev–Trinajstić information content (AvgIpc) is 2.64. The van der Waals surface area contributed by atoms with Crippen LogP contribution in [0, 0.1) is 11.8 Å². The largest absolute Gasteiger partial charge is 0.481 e. The number of benzene rings is 1. The van der Waals surface area contributed by atoms with Crippen LogP contribution >= 0.6 is 0 Å². The van der Waals surface area contributed by atoms with Crippen molar-refractivity contribution in [3.05, 3.63) is 35.4 Å². The van der Waals surface area contributed by atoms with E-state index < -0.39 is 5.97 Å². The van der Waals surface area contributed by atoms with Crippen LogP contribution < -0.4 is 0 Å². The fourth-order valence-corrected chi connectivity index (χ4v) is 3.04. The van der Waals surface area contributed by atoms with Gasteiger partial charge in [0.15, 0.2) is 0 Å². The second-order valence-electron chi connectivity index (χ2n) is 7.17. The van der Waals surface area contributed by atoms with E-state index in [4.69, 9.17) is 5.11 Å². The van der Waals surface area contributed by atoms with Gasteiger partial charge in [-0.05, 0) is 30.4 Å². The van der Waals surface area contributed by atoms with Gasteiger partial charge >= 0.3 is 5.97 Å². The first-order chi connectivity index (χ1) is 12.7. The Morgan fingerprint density at radius 3 is 2.00 bits per heavy atom. The zero-order valence-corrected chi connectivity index (χ0v) is 16.6. The molecule has 0 unspecified atom stereocenters. The first-order valence-electron chi connectivity index (χ1n) is 10.5. The van der Waals surface area contributed by atoms with Crippen LogP contribution in [0.1, 0.15) is 95.1 Å². The topological polar surface area (TPSA) is 37.3 Å². The smallest absolute Gasteiger partial charge is 0.303 e. The van der Waals surface area contributed by atoms with Gasteiger partial charge in [0.05, 0.1) is 0 Å². The average molecular weight is 357 g/mol. The number of rotatable bonds is 14. The SMILES string of the molecule is CCCCCCCCCCCc1ccc(CC#CCCCC(=O)O)cc1. The summed E-state index contributed by atoms with van der Waals surface area (Å²) >= 11 is 0. The minimum Gasteiger partial charge on any atom is -0.481 e. The van der Waals surface area contributed by atoms with Crippen molar-refractivity contribution in [2.75, 3.05) is 0 Å². The summed E-state index contributed by atoms with van der Waals surface area (Å²) in [5.41, 5.74) is 2.66. The lowest BCUT2D eigenvalue weighted by molar-refractivity contribution is -0.137. The summed E-state index contributed by atoms with van der Waals surface area (Å²) in [5, 5.41) is 8.57. The minimum atomic E-state index is -0.741. The van der Waals surface area contributed by atoms with Crippen molar-refractivity contribution in [3.8, 4) is 11.8 Å². The maximum Gasteiger partial charge on any atom is 0.303 e. The Morgan fingerprint density at radius 1 is 0.808 bits per heavy atom. The third-order valence-corrected chi connectivity index (χ3v) is 4.70. The molecule has 0 aromatic heterocycles. The molecule has 0 radical (unpaired) electrons. The highest BCUT2D eigenvalue weighted by atomic mass is 16.4. The Labute approximate surface area is 160 Å². The van der Waals surface area contributed by atoms with Crippen LogP contribution in [0.25, 0.3) is 0 Å². The van der Waals surface area contributed by atoms with E-state index in [9.17, 15) is 4.79 Å². The fraction of sp³-hybridized carbons (Fsp3) is 0.625. The molecule has 2 nitrogen and oxygen atoms in total. The Bertz CT molecular complexity index is 534. The van der Waals surface area contributed by atoms with Gasteiger partial charge in [-0.1, -0.05) is 88.5 Å². The monoisotopic (exact) mass is 356 g/mol. The van der Waals surface area contributed by atoms with Crippen molar-refractivity contribution < 1.29 is 9.90 Å². The van der Waals surface area contributed by atoms with E-state index in [0.717, 1.165) is 6.42 Å². The molecule has 1 rings (SSSR count). The van der Waals surface area contributed by atoms with Gasteiger partial charge in [0.2, 0.25) is 0 Å². The predicted molar refractivity (Wildman–Crippen MR) is 110 cm³/mol. The van der Waals surface area contributed by atoms with Gasteiger partial charge in [0.1, 0.15) is 0 Å². The molecule has 0 aliphatic heterocycles. The van der Waals surface area contributed by atoms with E-state index in [0.29, 0.717) is 12.8 Å². The number of aliphatic carboxylic acids is 1. The first-order valence-corrected chi connectivity index (χ1v) is 10.5. The summed E-state index contributed by atoms with van der Waals surface area (Å²) in [6, 6.07) is 8.81. The highest BCUT2D eigenvalue weighted by Crippen LogP contribution is 2.13. The van der Waals surface area contributed by atoms with E-state index >= 15 is 0 Å². The molecule has 26 heavy (non-hydrogen) atoms. The summed E-state index contributed by atoms with van der Waals surface area (Å²) in [5.74, 6) is 5.46. The van der Waals surface area contributed by atoms with Crippen molar-refractivity contribution >= 4 is 5.97 Å². The number of carboxylic acid groups (broad SMARTS) is 1. The number of carbonyl (C=O) groups is 1. The van der Waals surface area contributed by atoms with Crippen molar-refractivity contribution in [1.82, 2.24) is 0 Å². The van der Waals surface area contributed by atoms with E-state index in [1.165, 1.54) is 75.3 Å². The molecule has 0 heterocycles. The first kappa shape index (κ1) is 22.3. The third-order valence-electron chi connectivity index (χ3n) is 4.70. The van der Waals surface area contributed by atoms with Crippen molar-refractivity contribution in [2.24, 2.45) is 0 Å². The maximum atomic E-state index is 10.4. The molecule has 0 fully saturated rings. The van der Waals surface area contributed by atoms with E-state index in [1.54, 1.807) is 0 Å². The second kappa shape index (κ2) is 15.5. The van der Waals surface area contributed by atoms with Gasteiger partial charge in [-0.25, -0.2) is 0 Å². The molecule has 0 aliphatic rings. The number of carboxylic acids is 1. The maximum absolute atomic E-state index is 10.4. The van der Waals surface area contributed by atoms with Crippen LogP contribution in [0.15, 0.2) is 24.3 Å². The fourth-order valence-electron chi connectivity index (χ4n) is 3.04. The quantitative estimate of drug-likeness (QED) is 0.303. The van der Waals surface area contributed by atoms with E-state index in [-0.39, 0.29) is 6.42 Å². The molecule has 0 saturated heterocycles. The summed E-state index contributed by atoms with van der Waals surface area (Å²) in [6.07, 6.45) is 15.8. The number of hydrogen-bond donors (Lipinski definition) is 1. The summed E-state index contributed by atoms with van der Waals surface area (Å²) < 4.78 is 0. The van der Waals surface area contributed by atoms with Crippen LogP contribution in [-0.2, 0) is 17.6 Å². The molecule has 0 atom stereocenters. The van der Waals surface area contributed by atoms with Crippen LogP contribution in [0.2, 0.25) is 0 Å². The van der Waals surface area contributed by atoms with Gasteiger partial charge in [-0.2, -0.15) is 0 Å². The summed E-state index contributed by atoms with van der Waals surface area (Å²) in [6.45, 7) is 2.27. The van der Waals surface area contributed by atoms with Crippen LogP contribution in [0.4, 0.5) is 0 Å². The Morgan fingerprint density at radius 2 is 1.38 bits per heavy atom. The zero-order chi connectivity index (χ0) is 18.9. The van der Waals surface area contributed by atoms with Crippen molar-refractivity contribution in [3.63, 3.8) is 0 Å². The Balaban J connectivity index is 2.07. The molecular formula is C24H36O2. The van der Waals surface area contributed by atoms with Gasteiger partial charge in [0.25, 0.3) is 0 Å². The molecule has 0 aliphatic carbocycles. The Hall–Kier alpha value is -1.75. The standard InChI is InChI=1S/C24H36O2/c1-2-3-4-5-6-7-8-9-12-15-22-18-20-23(21-19-22)16-13-10-11-14-17-24(25)26/h18-21H,2-9,11-12,14-17H2,1H3,(H,25,26). The molecule has 144 valence electrons. The van der Waals surface area contributed by atoms with Crippen molar-refractivity contribution in [2.45, 2.75) is 96.8 Å². The molecule has 1 aromatic carbocycles. The minimum absolute atomic E-state index is 0.211. The van der Waals surface area contributed by atoms with Gasteiger partial charge in [-0.15, -0.1) is 5.92 Å². The zero-order valence-electron chi connectivity index (χ0n) is 16.6. The molecule has 1 N–H and O–H groups in total. The van der Waals surface area contributed by atoms with Gasteiger partial charge in [-0.3, -0.25) is 4.79 Å². The molecule has 0 spiro atoms. The van der Waals surface area contributed by atoms with Gasteiger partial charge in [0, 0.05) is 19.3 Å². The summed E-state index contributed by atoms with van der Waals surface area (Å²) in [4.78, 5) is 10.4. The number of hydrogen-bond acceptors (Lipinski definition) is 1. The predicted octanol–water partition coefficient (Wildman–Crippen LogP) is 6.56. The molecule has 0 saturated carbocycles. The van der Waals surface area contributed by atoms with E-state index in [1.807, 2.05) is 0 Å². The van der Waals surface area contributed by atoms with E-state index in [2.05, 4.69) is 43.0 Å². The number of unbranched alkanes of at least 4 members (excludes halogenated alkanes) is 9. The van der Waals surface area contributed by atoms with Crippen LogP contribution in [0.3, 0.4) is 0 Å². The van der Waals surface area contributed by atoms with Crippen LogP contribution in [0.5, 0.6) is 0 Å². The second-order valence-corrected chi connectivity index (χ2v) is 7.17. The van der Waals surface area contributed by atoms with Crippen LogP contribution in [-0.4, -0.2) is 11.1 Å². The van der Waals surface area contributed by atoms with Gasteiger partial charge < -0.3 is 5.11 Å². The summed E-state index contributed by atoms with van der Waals surface area (Å²) in [7, 11) is 0. The lowest BCUT2D eigenvalue weighted by Crippen LogP contribution is -1.92. The lowest BCUT2D eigenvalue weighted by Gasteiger charge is -2.04. The normalized spacial score (nSPS) is 10.3. The molecule has 1 aromatic rings. The molecule has 2 heteroatoms. The lowest BCUT2D eigenvalue weighted by atomic mass is 10.0. The highest BCUT2D eigenvalue weighted by Gasteiger charge is 1.97.